The van der Waals surface area contributed by atoms with Crippen LogP contribution in [0.5, 0.6) is 0 Å². The van der Waals surface area contributed by atoms with Gasteiger partial charge in [0.15, 0.2) is 0 Å². The molecule has 20 heavy (non-hydrogen) atoms. The van der Waals surface area contributed by atoms with E-state index in [0.29, 0.717) is 25.7 Å². The Labute approximate surface area is 118 Å². The largest absolute Gasteiger partial charge is 0.379 e. The third-order valence-electron chi connectivity index (χ3n) is 3.17. The zero-order chi connectivity index (χ0) is 14.5. The van der Waals surface area contributed by atoms with E-state index in [1.807, 2.05) is 6.07 Å². The lowest BCUT2D eigenvalue weighted by molar-refractivity contribution is -0.128. The van der Waals surface area contributed by atoms with Crippen molar-refractivity contribution < 1.29 is 13.9 Å². The molecule has 1 aliphatic heterocycles. The fourth-order valence-electron chi connectivity index (χ4n) is 2.25. The average molecular weight is 280 g/mol. The van der Waals surface area contributed by atoms with Crippen LogP contribution in [0, 0.1) is 11.7 Å². The Hall–Kier alpha value is -1.46. The zero-order valence-electron chi connectivity index (χ0n) is 11.9. The topological polar surface area (TPSA) is 41.6 Å². The Morgan fingerprint density at radius 1 is 1.50 bits per heavy atom. The predicted molar refractivity (Wildman–Crippen MR) is 74.5 cm³/mol. The molecule has 0 radical (unpaired) electrons. The highest BCUT2D eigenvalue weighted by Crippen LogP contribution is 2.22. The van der Waals surface area contributed by atoms with Gasteiger partial charge in [0, 0.05) is 13.2 Å². The van der Waals surface area contributed by atoms with Gasteiger partial charge in [-0.05, 0) is 23.6 Å². The summed E-state index contributed by atoms with van der Waals surface area (Å²) in [6, 6.07) is 6.33. The fraction of sp³-hybridized carbons (Fsp3) is 0.533. The normalized spacial score (nSPS) is 19.1. The molecule has 0 spiro atoms. The van der Waals surface area contributed by atoms with Crippen LogP contribution in [0.3, 0.4) is 0 Å². The van der Waals surface area contributed by atoms with Gasteiger partial charge in [0.1, 0.15) is 12.0 Å². The lowest BCUT2D eigenvalue weighted by Gasteiger charge is -2.24. The van der Waals surface area contributed by atoms with E-state index in [1.165, 1.54) is 12.1 Å². The number of carbonyl (C=O) groups is 1. The highest BCUT2D eigenvalue weighted by Gasteiger charge is 2.31. The molecule has 1 N–H and O–H groups in total. The minimum absolute atomic E-state index is 0.0207. The molecule has 0 aromatic heterocycles. The maximum Gasteiger partial charge on any atom is 0.238 e. The summed E-state index contributed by atoms with van der Waals surface area (Å²) in [5.41, 5.74) is 0.764. The van der Waals surface area contributed by atoms with Crippen LogP contribution in [0.25, 0.3) is 0 Å². The van der Waals surface area contributed by atoms with Gasteiger partial charge in [0.05, 0.1) is 13.2 Å². The summed E-state index contributed by atoms with van der Waals surface area (Å²) >= 11 is 0. The summed E-state index contributed by atoms with van der Waals surface area (Å²) in [6.07, 6.45) is -0.263. The fourth-order valence-corrected chi connectivity index (χ4v) is 2.25. The van der Waals surface area contributed by atoms with Crippen LogP contribution < -0.4 is 5.32 Å². The molecule has 5 heteroatoms. The number of halogens is 1. The van der Waals surface area contributed by atoms with Crippen LogP contribution in [-0.4, -0.2) is 37.1 Å². The third-order valence-corrected chi connectivity index (χ3v) is 3.17. The van der Waals surface area contributed by atoms with E-state index < -0.39 is 0 Å². The van der Waals surface area contributed by atoms with Crippen LogP contribution in [-0.2, 0) is 9.53 Å². The van der Waals surface area contributed by atoms with Crippen molar-refractivity contribution in [3.63, 3.8) is 0 Å². The van der Waals surface area contributed by atoms with Gasteiger partial charge in [-0.3, -0.25) is 10.1 Å². The number of ether oxygens (including phenoxy) is 1. The molecule has 2 rings (SSSR count). The van der Waals surface area contributed by atoms with Crippen LogP contribution in [0.2, 0.25) is 0 Å². The molecule has 0 bridgehead atoms. The molecule has 0 saturated carbocycles. The number of amides is 1. The highest BCUT2D eigenvalue weighted by atomic mass is 19.1. The number of hydrogen-bond donors (Lipinski definition) is 1. The van der Waals surface area contributed by atoms with Crippen molar-refractivity contribution >= 4 is 5.91 Å². The second-order valence-electron chi connectivity index (χ2n) is 5.39. The molecule has 1 aromatic carbocycles. The summed E-state index contributed by atoms with van der Waals surface area (Å²) in [4.78, 5) is 13.6. The molecule has 1 fully saturated rings. The molecule has 1 amide bonds. The van der Waals surface area contributed by atoms with Gasteiger partial charge in [0.2, 0.25) is 5.91 Å². The monoisotopic (exact) mass is 280 g/mol. The first-order valence-electron chi connectivity index (χ1n) is 6.94. The van der Waals surface area contributed by atoms with E-state index in [4.69, 9.17) is 4.74 Å². The zero-order valence-corrected chi connectivity index (χ0v) is 11.9. The number of nitrogens with zero attached hydrogens (tertiary/aromatic N) is 1. The molecule has 1 unspecified atom stereocenters. The number of hydrogen-bond acceptors (Lipinski definition) is 3. The predicted octanol–water partition coefficient (Wildman–Crippen LogP) is 1.93. The molecule has 1 saturated heterocycles. The first-order chi connectivity index (χ1) is 9.58. The molecule has 1 heterocycles. The van der Waals surface area contributed by atoms with Gasteiger partial charge in [-0.25, -0.2) is 4.39 Å². The summed E-state index contributed by atoms with van der Waals surface area (Å²) in [6.45, 7) is 6.14. The van der Waals surface area contributed by atoms with Crippen LogP contribution in [0.15, 0.2) is 24.3 Å². The molecule has 4 nitrogen and oxygen atoms in total. The van der Waals surface area contributed by atoms with E-state index >= 15 is 0 Å². The van der Waals surface area contributed by atoms with E-state index in [-0.39, 0.29) is 24.4 Å². The summed E-state index contributed by atoms with van der Waals surface area (Å²) in [5.74, 6) is 0.202. The maximum absolute atomic E-state index is 13.3. The van der Waals surface area contributed by atoms with Crippen molar-refractivity contribution in [1.29, 1.82) is 0 Å². The molecule has 0 aliphatic carbocycles. The number of carbonyl (C=O) groups excluding carboxylic acids is 1. The van der Waals surface area contributed by atoms with Gasteiger partial charge in [-0.15, -0.1) is 0 Å². The minimum atomic E-state index is -0.292. The van der Waals surface area contributed by atoms with Crippen LogP contribution in [0.4, 0.5) is 4.39 Å². The van der Waals surface area contributed by atoms with E-state index in [0.717, 1.165) is 5.56 Å². The quantitative estimate of drug-likeness (QED) is 0.810. The Kier molecular flexibility index (Phi) is 5.09. The summed E-state index contributed by atoms with van der Waals surface area (Å²) < 4.78 is 18.8. The number of rotatable bonds is 6. The average Bonchev–Trinajstić information content (AvgIpc) is 2.76. The molecule has 1 atom stereocenters. The Balaban J connectivity index is 1.96. The second kappa shape index (κ2) is 6.81. The van der Waals surface area contributed by atoms with E-state index in [2.05, 4.69) is 19.2 Å². The Bertz CT molecular complexity index is 465. The second-order valence-corrected chi connectivity index (χ2v) is 5.39. The number of benzene rings is 1. The molecular formula is C15H21FN2O2. The standard InChI is InChI=1S/C15H21FN2O2/c1-11(2)10-20-7-6-18-14(19)9-17-15(18)12-4-3-5-13(16)8-12/h3-5,8,11,15,17H,6-7,9-10H2,1-2H3. The minimum Gasteiger partial charge on any atom is -0.379 e. The highest BCUT2D eigenvalue weighted by molar-refractivity contribution is 5.80. The van der Waals surface area contributed by atoms with Crippen molar-refractivity contribution in [2.45, 2.75) is 20.0 Å². The lowest BCUT2D eigenvalue weighted by Crippen LogP contribution is -2.33. The van der Waals surface area contributed by atoms with Gasteiger partial charge < -0.3 is 9.64 Å². The van der Waals surface area contributed by atoms with E-state index in [9.17, 15) is 9.18 Å². The van der Waals surface area contributed by atoms with Crippen molar-refractivity contribution in [3.05, 3.63) is 35.6 Å². The smallest absolute Gasteiger partial charge is 0.238 e. The van der Waals surface area contributed by atoms with Gasteiger partial charge in [-0.1, -0.05) is 26.0 Å². The van der Waals surface area contributed by atoms with Crippen molar-refractivity contribution in [3.8, 4) is 0 Å². The molecule has 1 aliphatic rings. The molecule has 1 aromatic rings. The van der Waals surface area contributed by atoms with Gasteiger partial charge in [-0.2, -0.15) is 0 Å². The third kappa shape index (κ3) is 3.77. The Morgan fingerprint density at radius 3 is 3.00 bits per heavy atom. The van der Waals surface area contributed by atoms with Crippen LogP contribution in [0.1, 0.15) is 25.6 Å². The molecule has 110 valence electrons. The van der Waals surface area contributed by atoms with E-state index in [1.54, 1.807) is 11.0 Å². The maximum atomic E-state index is 13.3. The van der Waals surface area contributed by atoms with Gasteiger partial charge in [0.25, 0.3) is 0 Å². The SMILES string of the molecule is CC(C)COCCN1C(=O)CNC1c1cccc(F)c1. The van der Waals surface area contributed by atoms with Crippen molar-refractivity contribution in [1.82, 2.24) is 10.2 Å². The van der Waals surface area contributed by atoms with Crippen LogP contribution >= 0.6 is 0 Å². The first kappa shape index (κ1) is 14.9. The summed E-state index contributed by atoms with van der Waals surface area (Å²) in [7, 11) is 0. The molecular weight excluding hydrogens is 259 g/mol. The van der Waals surface area contributed by atoms with Gasteiger partial charge >= 0.3 is 0 Å². The Morgan fingerprint density at radius 2 is 2.30 bits per heavy atom. The summed E-state index contributed by atoms with van der Waals surface area (Å²) in [5, 5.41) is 3.10. The van der Waals surface area contributed by atoms with Crippen molar-refractivity contribution in [2.75, 3.05) is 26.3 Å². The first-order valence-corrected chi connectivity index (χ1v) is 6.94. The number of nitrogens with one attached hydrogen (secondary N) is 1. The lowest BCUT2D eigenvalue weighted by atomic mass is 10.1. The van der Waals surface area contributed by atoms with Crippen molar-refractivity contribution in [2.24, 2.45) is 5.92 Å².